The van der Waals surface area contributed by atoms with E-state index in [1.54, 1.807) is 42.6 Å². The zero-order chi connectivity index (χ0) is 19.4. The topological polar surface area (TPSA) is 64.0 Å². The highest BCUT2D eigenvalue weighted by Crippen LogP contribution is 2.21. The maximum atomic E-state index is 13.7. The van der Waals surface area contributed by atoms with Crippen molar-refractivity contribution in [2.45, 2.75) is 37.6 Å². The molecule has 0 bridgehead atoms. The Morgan fingerprint density at radius 3 is 2.48 bits per heavy atom. The molecule has 1 heterocycles. The van der Waals surface area contributed by atoms with Crippen LogP contribution in [0.25, 0.3) is 0 Å². The number of sulfonamides is 1. The normalized spacial score (nSPS) is 12.7. The highest BCUT2D eigenvalue weighted by atomic mass is 32.2. The van der Waals surface area contributed by atoms with E-state index in [4.69, 9.17) is 0 Å². The van der Waals surface area contributed by atoms with Gasteiger partial charge in [0.05, 0.1) is 11.4 Å². The molecule has 0 radical (unpaired) electrons. The Morgan fingerprint density at radius 2 is 1.81 bits per heavy atom. The van der Waals surface area contributed by atoms with Crippen LogP contribution in [0.15, 0.2) is 65.7 Å². The zero-order valence-corrected chi connectivity index (χ0v) is 16.1. The van der Waals surface area contributed by atoms with E-state index >= 15 is 0 Å². The average molecular weight is 387 g/mol. The molecule has 1 atom stereocenters. The predicted molar refractivity (Wildman–Crippen MR) is 104 cm³/mol. The minimum Gasteiger partial charge on any atom is -0.266 e. The van der Waals surface area contributed by atoms with Gasteiger partial charge in [0.25, 0.3) is 10.0 Å². The third-order valence-corrected chi connectivity index (χ3v) is 5.91. The Balaban J connectivity index is 1.73. The van der Waals surface area contributed by atoms with Gasteiger partial charge in [-0.25, -0.2) is 12.8 Å². The molecule has 1 N–H and O–H groups in total. The lowest BCUT2D eigenvalue weighted by atomic mass is 9.99. The second-order valence-electron chi connectivity index (χ2n) is 6.47. The Bertz CT molecular complexity index is 1010. The smallest absolute Gasteiger partial charge is 0.263 e. The molecule has 7 heteroatoms. The molecule has 0 aliphatic rings. The van der Waals surface area contributed by atoms with E-state index in [0.29, 0.717) is 11.5 Å². The van der Waals surface area contributed by atoms with Crippen molar-refractivity contribution in [1.82, 2.24) is 9.78 Å². The van der Waals surface area contributed by atoms with Crippen molar-refractivity contribution in [3.63, 3.8) is 0 Å². The quantitative estimate of drug-likeness (QED) is 0.654. The van der Waals surface area contributed by atoms with Crippen LogP contribution < -0.4 is 4.72 Å². The van der Waals surface area contributed by atoms with E-state index in [1.807, 2.05) is 12.1 Å². The lowest BCUT2D eigenvalue weighted by molar-refractivity contribution is 0.585. The molecule has 1 aromatic heterocycles. The van der Waals surface area contributed by atoms with Crippen LogP contribution >= 0.6 is 0 Å². The molecule has 0 aliphatic heterocycles. The van der Waals surface area contributed by atoms with Gasteiger partial charge < -0.3 is 0 Å². The average Bonchev–Trinajstić information content (AvgIpc) is 3.09. The van der Waals surface area contributed by atoms with E-state index in [0.717, 1.165) is 12.0 Å². The van der Waals surface area contributed by atoms with Crippen molar-refractivity contribution in [3.05, 3.63) is 77.7 Å². The first-order valence-electron chi connectivity index (χ1n) is 8.78. The SMILES string of the molecule is CCC(C)c1ccc(S(=O)(=O)Nc2ccn(Cc3ccccc3F)n2)cc1. The summed E-state index contributed by atoms with van der Waals surface area (Å²) in [6.07, 6.45) is 2.60. The lowest BCUT2D eigenvalue weighted by Gasteiger charge is -2.10. The third kappa shape index (κ3) is 4.54. The van der Waals surface area contributed by atoms with Gasteiger partial charge in [-0.1, -0.05) is 44.2 Å². The van der Waals surface area contributed by atoms with Crippen LogP contribution in [-0.2, 0) is 16.6 Å². The van der Waals surface area contributed by atoms with Crippen LogP contribution in [0, 0.1) is 5.82 Å². The maximum absolute atomic E-state index is 13.7. The summed E-state index contributed by atoms with van der Waals surface area (Å²) < 4.78 is 42.8. The van der Waals surface area contributed by atoms with Gasteiger partial charge in [-0.15, -0.1) is 0 Å². The molecular weight excluding hydrogens is 365 g/mol. The summed E-state index contributed by atoms with van der Waals surface area (Å²) in [5.41, 5.74) is 1.58. The highest BCUT2D eigenvalue weighted by molar-refractivity contribution is 7.92. The molecule has 1 unspecified atom stereocenters. The van der Waals surface area contributed by atoms with Crippen molar-refractivity contribution in [1.29, 1.82) is 0 Å². The zero-order valence-electron chi connectivity index (χ0n) is 15.3. The molecule has 0 spiro atoms. The summed E-state index contributed by atoms with van der Waals surface area (Å²) >= 11 is 0. The van der Waals surface area contributed by atoms with Crippen LogP contribution in [0.2, 0.25) is 0 Å². The van der Waals surface area contributed by atoms with Crippen LogP contribution in [0.3, 0.4) is 0 Å². The van der Waals surface area contributed by atoms with Gasteiger partial charge in [-0.2, -0.15) is 5.10 Å². The number of benzene rings is 2. The van der Waals surface area contributed by atoms with Crippen molar-refractivity contribution in [2.24, 2.45) is 0 Å². The number of aromatic nitrogens is 2. The molecule has 3 rings (SSSR count). The van der Waals surface area contributed by atoms with E-state index in [9.17, 15) is 12.8 Å². The van der Waals surface area contributed by atoms with Gasteiger partial charge in [0.1, 0.15) is 5.82 Å². The van der Waals surface area contributed by atoms with Gasteiger partial charge in [-0.3, -0.25) is 9.40 Å². The molecule has 0 saturated heterocycles. The first-order chi connectivity index (χ1) is 12.9. The Hall–Kier alpha value is -2.67. The molecule has 2 aromatic carbocycles. The summed E-state index contributed by atoms with van der Waals surface area (Å²) in [4.78, 5) is 0.179. The van der Waals surface area contributed by atoms with Gasteiger partial charge in [0.15, 0.2) is 5.82 Å². The number of hydrogen-bond acceptors (Lipinski definition) is 3. The largest absolute Gasteiger partial charge is 0.266 e. The monoisotopic (exact) mass is 387 g/mol. The van der Waals surface area contributed by atoms with E-state index in [2.05, 4.69) is 23.7 Å². The van der Waals surface area contributed by atoms with Crippen molar-refractivity contribution >= 4 is 15.8 Å². The van der Waals surface area contributed by atoms with Crippen molar-refractivity contribution in [2.75, 3.05) is 4.72 Å². The highest BCUT2D eigenvalue weighted by Gasteiger charge is 2.16. The number of anilines is 1. The van der Waals surface area contributed by atoms with Gasteiger partial charge >= 0.3 is 0 Å². The number of hydrogen-bond donors (Lipinski definition) is 1. The second-order valence-corrected chi connectivity index (χ2v) is 8.16. The van der Waals surface area contributed by atoms with E-state index < -0.39 is 10.0 Å². The maximum Gasteiger partial charge on any atom is 0.263 e. The molecule has 3 aromatic rings. The molecular formula is C20H22FN3O2S. The fourth-order valence-electron chi connectivity index (χ4n) is 2.71. The third-order valence-electron chi connectivity index (χ3n) is 4.54. The molecule has 0 amide bonds. The fraction of sp³-hybridized carbons (Fsp3) is 0.250. The van der Waals surface area contributed by atoms with Gasteiger partial charge in [0, 0.05) is 17.8 Å². The standard InChI is InChI=1S/C20H22FN3O2S/c1-3-15(2)16-8-10-18(11-9-16)27(25,26)23-20-12-13-24(22-20)14-17-6-4-5-7-19(17)21/h4-13,15H,3,14H2,1-2H3,(H,22,23). The van der Waals surface area contributed by atoms with Crippen LogP contribution in [0.5, 0.6) is 0 Å². The fourth-order valence-corrected chi connectivity index (χ4v) is 3.71. The summed E-state index contributed by atoms with van der Waals surface area (Å²) in [6.45, 7) is 4.41. The first-order valence-corrected chi connectivity index (χ1v) is 10.3. The molecule has 0 aliphatic carbocycles. The van der Waals surface area contributed by atoms with Crippen molar-refractivity contribution < 1.29 is 12.8 Å². The van der Waals surface area contributed by atoms with E-state index in [-0.39, 0.29) is 23.1 Å². The Morgan fingerprint density at radius 1 is 1.11 bits per heavy atom. The summed E-state index contributed by atoms with van der Waals surface area (Å²) in [7, 11) is -3.73. The number of rotatable bonds is 7. The summed E-state index contributed by atoms with van der Waals surface area (Å²) in [5.74, 6) is 0.248. The minimum atomic E-state index is -3.73. The number of halogens is 1. The van der Waals surface area contributed by atoms with E-state index in [1.165, 1.54) is 10.7 Å². The molecule has 0 fully saturated rings. The molecule has 142 valence electrons. The Kier molecular flexibility index (Phi) is 5.60. The number of nitrogens with zero attached hydrogens (tertiary/aromatic N) is 2. The second kappa shape index (κ2) is 7.92. The summed E-state index contributed by atoms with van der Waals surface area (Å²) in [5, 5.41) is 4.18. The van der Waals surface area contributed by atoms with Gasteiger partial charge in [-0.05, 0) is 36.1 Å². The molecule has 27 heavy (non-hydrogen) atoms. The molecule has 5 nitrogen and oxygen atoms in total. The molecule has 0 saturated carbocycles. The Labute approximate surface area is 158 Å². The van der Waals surface area contributed by atoms with Crippen LogP contribution in [0.1, 0.15) is 37.3 Å². The first kappa shape index (κ1) is 19.1. The van der Waals surface area contributed by atoms with Crippen molar-refractivity contribution in [3.8, 4) is 0 Å². The van der Waals surface area contributed by atoms with Gasteiger partial charge in [0.2, 0.25) is 0 Å². The minimum absolute atomic E-state index is 0.179. The lowest BCUT2D eigenvalue weighted by Crippen LogP contribution is -2.14. The predicted octanol–water partition coefficient (Wildman–Crippen LogP) is 4.38. The number of nitrogens with one attached hydrogen (secondary N) is 1. The van der Waals surface area contributed by atoms with Crippen LogP contribution in [-0.4, -0.2) is 18.2 Å². The summed E-state index contributed by atoms with van der Waals surface area (Å²) in [6, 6.07) is 14.8. The van der Waals surface area contributed by atoms with Crippen LogP contribution in [0.4, 0.5) is 10.2 Å².